The van der Waals surface area contributed by atoms with E-state index in [9.17, 15) is 22.4 Å². The quantitative estimate of drug-likeness (QED) is 0.541. The van der Waals surface area contributed by atoms with Crippen LogP contribution in [-0.2, 0) is 0 Å². The largest absolute Gasteiger partial charge is 0.317 e. The van der Waals surface area contributed by atoms with Crippen LogP contribution in [0.3, 0.4) is 0 Å². The zero-order valence-corrected chi connectivity index (χ0v) is 13.3. The maximum atomic E-state index is 13.9. The molecule has 1 N–H and O–H groups in total. The Balaban J connectivity index is 1.99. The number of carbonyl (C=O) groups is 1. The smallest absolute Gasteiger partial charge is 0.255 e. The Morgan fingerprint density at radius 1 is 0.920 bits per heavy atom. The second kappa shape index (κ2) is 6.16. The normalized spacial score (nSPS) is 11.0. The van der Waals surface area contributed by atoms with Gasteiger partial charge in [0, 0.05) is 22.2 Å². The van der Waals surface area contributed by atoms with E-state index in [0.29, 0.717) is 10.9 Å². The number of benzene rings is 2. The lowest BCUT2D eigenvalue weighted by atomic mass is 10.1. The number of pyridine rings is 1. The number of aromatic nitrogens is 1. The van der Waals surface area contributed by atoms with Crippen LogP contribution in [0, 0.1) is 37.1 Å². The van der Waals surface area contributed by atoms with Crippen LogP contribution in [0.4, 0.5) is 23.2 Å². The highest BCUT2D eigenvalue weighted by Crippen LogP contribution is 2.28. The molecule has 0 bridgehead atoms. The second-order valence-corrected chi connectivity index (χ2v) is 5.57. The molecular formula is C18H12F4N2O. The molecule has 128 valence electrons. The molecule has 0 saturated heterocycles. The minimum Gasteiger partial charge on any atom is -0.317 e. The summed E-state index contributed by atoms with van der Waals surface area (Å²) in [5, 5.41) is 2.53. The molecule has 0 spiro atoms. The monoisotopic (exact) mass is 348 g/mol. The summed E-state index contributed by atoms with van der Waals surface area (Å²) in [6, 6.07) is 7.92. The van der Waals surface area contributed by atoms with Gasteiger partial charge in [0.25, 0.3) is 5.91 Å². The fraction of sp³-hybridized carbons (Fsp3) is 0.111. The van der Waals surface area contributed by atoms with Crippen molar-refractivity contribution in [1.29, 1.82) is 0 Å². The number of fused-ring (bicyclic) bond motifs is 1. The summed E-state index contributed by atoms with van der Waals surface area (Å²) in [5.74, 6) is -7.30. The minimum atomic E-state index is -1.65. The number of halogens is 4. The third-order valence-corrected chi connectivity index (χ3v) is 3.81. The molecule has 0 aliphatic rings. The topological polar surface area (TPSA) is 42.0 Å². The summed E-state index contributed by atoms with van der Waals surface area (Å²) in [6.45, 7) is 2.72. The number of amides is 1. The third-order valence-electron chi connectivity index (χ3n) is 3.81. The van der Waals surface area contributed by atoms with Crippen molar-refractivity contribution in [2.24, 2.45) is 0 Å². The molecule has 0 radical (unpaired) electrons. The van der Waals surface area contributed by atoms with Gasteiger partial charge < -0.3 is 5.32 Å². The number of aryl methyl sites for hydroxylation is 1. The van der Waals surface area contributed by atoms with Crippen LogP contribution in [0.25, 0.3) is 10.9 Å². The van der Waals surface area contributed by atoms with E-state index < -0.39 is 40.4 Å². The van der Waals surface area contributed by atoms with Crippen LogP contribution >= 0.6 is 0 Å². The molecule has 3 aromatic rings. The van der Waals surface area contributed by atoms with Gasteiger partial charge in [0.2, 0.25) is 0 Å². The predicted molar refractivity (Wildman–Crippen MR) is 85.4 cm³/mol. The lowest BCUT2D eigenvalue weighted by Crippen LogP contribution is -2.16. The molecule has 0 saturated carbocycles. The van der Waals surface area contributed by atoms with Crippen LogP contribution in [0.5, 0.6) is 0 Å². The molecule has 0 fully saturated rings. The van der Waals surface area contributed by atoms with Crippen molar-refractivity contribution in [1.82, 2.24) is 4.98 Å². The van der Waals surface area contributed by atoms with E-state index in [-0.39, 0.29) is 5.56 Å². The van der Waals surface area contributed by atoms with E-state index in [4.69, 9.17) is 0 Å². The standard InChI is InChI=1S/C18H12F4N2O/c1-8-3-4-10-7-11(5-6-12(10)23-8)18(25)24-17-15(21)13(19)9(2)14(20)16(17)22/h3-7H,1-2H3,(H,24,25). The molecule has 3 rings (SSSR count). The molecule has 0 aliphatic heterocycles. The first kappa shape index (κ1) is 16.9. The highest BCUT2D eigenvalue weighted by molar-refractivity contribution is 6.06. The number of nitrogens with zero attached hydrogens (tertiary/aromatic N) is 1. The van der Waals surface area contributed by atoms with Crippen molar-refractivity contribution in [2.45, 2.75) is 13.8 Å². The Bertz CT molecular complexity index is 989. The van der Waals surface area contributed by atoms with E-state index >= 15 is 0 Å². The number of hydrogen-bond donors (Lipinski definition) is 1. The Kier molecular flexibility index (Phi) is 4.16. The SMILES string of the molecule is Cc1ccc2cc(C(=O)Nc3c(F)c(F)c(C)c(F)c3F)ccc2n1. The fourth-order valence-corrected chi connectivity index (χ4v) is 2.41. The molecule has 1 heterocycles. The fourth-order valence-electron chi connectivity index (χ4n) is 2.41. The van der Waals surface area contributed by atoms with Gasteiger partial charge in [-0.05, 0) is 38.1 Å². The number of nitrogens with one attached hydrogen (secondary N) is 1. The first-order valence-electron chi connectivity index (χ1n) is 7.31. The predicted octanol–water partition coefficient (Wildman–Crippen LogP) is 4.66. The van der Waals surface area contributed by atoms with Crippen molar-refractivity contribution in [3.8, 4) is 0 Å². The molecule has 1 aromatic heterocycles. The zero-order valence-electron chi connectivity index (χ0n) is 13.3. The van der Waals surface area contributed by atoms with Gasteiger partial charge in [0.15, 0.2) is 23.3 Å². The number of anilines is 1. The van der Waals surface area contributed by atoms with E-state index in [2.05, 4.69) is 4.98 Å². The highest BCUT2D eigenvalue weighted by atomic mass is 19.2. The van der Waals surface area contributed by atoms with E-state index in [1.807, 2.05) is 12.2 Å². The average Bonchev–Trinajstić information content (AvgIpc) is 2.61. The van der Waals surface area contributed by atoms with Crippen LogP contribution in [-0.4, -0.2) is 10.9 Å². The minimum absolute atomic E-state index is 0.0679. The summed E-state index contributed by atoms with van der Waals surface area (Å²) in [4.78, 5) is 16.5. The first-order valence-corrected chi connectivity index (χ1v) is 7.31. The highest BCUT2D eigenvalue weighted by Gasteiger charge is 2.24. The van der Waals surface area contributed by atoms with Gasteiger partial charge in [-0.2, -0.15) is 0 Å². The summed E-state index contributed by atoms with van der Waals surface area (Å²) < 4.78 is 54.9. The van der Waals surface area contributed by atoms with E-state index in [1.165, 1.54) is 12.1 Å². The zero-order chi connectivity index (χ0) is 18.3. The lowest BCUT2D eigenvalue weighted by Gasteiger charge is -2.11. The molecule has 2 aromatic carbocycles. The number of rotatable bonds is 2. The van der Waals surface area contributed by atoms with Gasteiger partial charge >= 0.3 is 0 Å². The Morgan fingerprint density at radius 3 is 2.20 bits per heavy atom. The number of hydrogen-bond acceptors (Lipinski definition) is 2. The van der Waals surface area contributed by atoms with Crippen LogP contribution in [0.2, 0.25) is 0 Å². The van der Waals surface area contributed by atoms with E-state index in [1.54, 1.807) is 18.2 Å². The van der Waals surface area contributed by atoms with Gasteiger partial charge in [0.05, 0.1) is 5.52 Å². The van der Waals surface area contributed by atoms with Crippen molar-refractivity contribution < 1.29 is 22.4 Å². The average molecular weight is 348 g/mol. The van der Waals surface area contributed by atoms with Gasteiger partial charge in [-0.1, -0.05) is 6.07 Å². The van der Waals surface area contributed by atoms with Crippen LogP contribution in [0.15, 0.2) is 30.3 Å². The second-order valence-electron chi connectivity index (χ2n) is 5.57. The Hall–Kier alpha value is -2.96. The van der Waals surface area contributed by atoms with Crippen molar-refractivity contribution >= 4 is 22.5 Å². The molecule has 0 atom stereocenters. The maximum absolute atomic E-state index is 13.9. The summed E-state index contributed by atoms with van der Waals surface area (Å²) in [7, 11) is 0. The van der Waals surface area contributed by atoms with E-state index in [0.717, 1.165) is 12.6 Å². The van der Waals surface area contributed by atoms with Crippen molar-refractivity contribution in [3.05, 3.63) is 70.4 Å². The summed E-state index contributed by atoms with van der Waals surface area (Å²) in [5.41, 5.74) is -0.452. The van der Waals surface area contributed by atoms with Gasteiger partial charge in [-0.3, -0.25) is 9.78 Å². The molecule has 1 amide bonds. The van der Waals surface area contributed by atoms with Crippen molar-refractivity contribution in [2.75, 3.05) is 5.32 Å². The Morgan fingerprint density at radius 2 is 1.56 bits per heavy atom. The van der Waals surface area contributed by atoms with Crippen LogP contribution in [0.1, 0.15) is 21.6 Å². The number of carbonyl (C=O) groups excluding carboxylic acids is 1. The molecule has 0 aliphatic carbocycles. The van der Waals surface area contributed by atoms with Gasteiger partial charge in [-0.25, -0.2) is 17.6 Å². The third kappa shape index (κ3) is 2.93. The Labute approximate surface area is 140 Å². The van der Waals surface area contributed by atoms with Crippen molar-refractivity contribution in [3.63, 3.8) is 0 Å². The molecule has 0 unspecified atom stereocenters. The molecule has 7 heteroatoms. The lowest BCUT2D eigenvalue weighted by molar-refractivity contribution is 0.102. The molecular weight excluding hydrogens is 336 g/mol. The van der Waals surface area contributed by atoms with Gasteiger partial charge in [0.1, 0.15) is 5.69 Å². The van der Waals surface area contributed by atoms with Gasteiger partial charge in [-0.15, -0.1) is 0 Å². The summed E-state index contributed by atoms with van der Waals surface area (Å²) in [6.07, 6.45) is 0. The molecule has 3 nitrogen and oxygen atoms in total. The van der Waals surface area contributed by atoms with Crippen LogP contribution < -0.4 is 5.32 Å². The molecule has 25 heavy (non-hydrogen) atoms. The summed E-state index contributed by atoms with van der Waals surface area (Å²) >= 11 is 0. The first-order chi connectivity index (χ1) is 11.8. The maximum Gasteiger partial charge on any atom is 0.255 e.